The van der Waals surface area contributed by atoms with Crippen molar-refractivity contribution >= 4 is 81.7 Å². The number of nitrogens with zero attached hydrogens (tertiary/aromatic N) is 9. The Morgan fingerprint density at radius 3 is 1.38 bits per heavy atom. The van der Waals surface area contributed by atoms with E-state index in [1.807, 2.05) is 48.8 Å². The van der Waals surface area contributed by atoms with Crippen molar-refractivity contribution in [3.8, 4) is 5.95 Å². The van der Waals surface area contributed by atoms with Gasteiger partial charge in [-0.3, -0.25) is 4.57 Å². The molecule has 262 valence electrons. The van der Waals surface area contributed by atoms with Crippen molar-refractivity contribution in [3.05, 3.63) is 140 Å². The number of pyridine rings is 2. The number of hydrogen-bond acceptors (Lipinski definition) is 8. The van der Waals surface area contributed by atoms with E-state index in [2.05, 4.69) is 170 Å². The molecule has 4 aromatic carbocycles. The second-order valence-electron chi connectivity index (χ2n) is 14.5. The smallest absolute Gasteiger partial charge is 0.273 e. The van der Waals surface area contributed by atoms with Gasteiger partial charge in [-0.2, -0.15) is 0 Å². The standard InChI is InChI=1S/C42H41N9Si2/c1-49(40-17-7-9-23-43-40)30-13-11-15-32(25-30)52(3,4)34-19-21-36-37-22-20-35(28-39(37)51(38(36)27-34)42-47-45-29-46-48-42)53(5,6)33-16-12-14-31(26-33)50(2)41-18-8-10-24-44-41/h7-29H,1-6H3. The summed E-state index contributed by atoms with van der Waals surface area (Å²) in [5, 5.41) is 24.9. The SMILES string of the molecule is CN(c1cccc([Si](C)(C)c2ccc3c4ccc([Si](C)(C)c5cccc(N(C)c6ccccn6)c5)cc4n(-c4nncnn4)c3c2)c1)c1ccccn1. The zero-order valence-corrected chi connectivity index (χ0v) is 32.8. The van der Waals surface area contributed by atoms with Crippen LogP contribution in [0.2, 0.25) is 26.2 Å². The van der Waals surface area contributed by atoms with Crippen molar-refractivity contribution in [3.63, 3.8) is 0 Å². The van der Waals surface area contributed by atoms with Crippen molar-refractivity contribution in [2.45, 2.75) is 26.2 Å². The molecule has 0 saturated heterocycles. The summed E-state index contributed by atoms with van der Waals surface area (Å²) < 4.78 is 2.14. The van der Waals surface area contributed by atoms with Crippen molar-refractivity contribution in [1.29, 1.82) is 0 Å². The third kappa shape index (κ3) is 6.17. The van der Waals surface area contributed by atoms with Gasteiger partial charge in [0.2, 0.25) is 0 Å². The molecule has 0 aliphatic carbocycles. The van der Waals surface area contributed by atoms with Gasteiger partial charge in [-0.05, 0) is 60.7 Å². The van der Waals surface area contributed by atoms with E-state index in [4.69, 9.17) is 0 Å². The largest absolute Gasteiger partial charge is 0.329 e. The molecule has 53 heavy (non-hydrogen) atoms. The van der Waals surface area contributed by atoms with Crippen LogP contribution in [0.3, 0.4) is 0 Å². The molecule has 8 rings (SSSR count). The Morgan fingerprint density at radius 1 is 0.491 bits per heavy atom. The highest BCUT2D eigenvalue weighted by molar-refractivity contribution is 7.01. The number of aromatic nitrogens is 7. The van der Waals surface area contributed by atoms with Gasteiger partial charge in [0.1, 0.15) is 27.8 Å². The summed E-state index contributed by atoms with van der Waals surface area (Å²) in [5.74, 6) is 2.28. The quantitative estimate of drug-likeness (QED) is 0.160. The molecule has 0 atom stereocenters. The van der Waals surface area contributed by atoms with Crippen LogP contribution >= 0.6 is 0 Å². The van der Waals surface area contributed by atoms with E-state index < -0.39 is 16.1 Å². The first-order valence-electron chi connectivity index (χ1n) is 17.7. The van der Waals surface area contributed by atoms with Crippen LogP contribution < -0.4 is 30.5 Å². The molecule has 4 heterocycles. The minimum absolute atomic E-state index is 0.457. The van der Waals surface area contributed by atoms with E-state index in [0.29, 0.717) is 5.95 Å². The molecule has 0 saturated carbocycles. The van der Waals surface area contributed by atoms with E-state index >= 15 is 0 Å². The average Bonchev–Trinajstić information content (AvgIpc) is 3.54. The van der Waals surface area contributed by atoms with Crippen LogP contribution in [0.25, 0.3) is 27.8 Å². The minimum atomic E-state index is -2.18. The van der Waals surface area contributed by atoms with Gasteiger partial charge < -0.3 is 9.80 Å². The summed E-state index contributed by atoms with van der Waals surface area (Å²) in [6.07, 6.45) is 5.04. The lowest BCUT2D eigenvalue weighted by atomic mass is 10.1. The predicted molar refractivity (Wildman–Crippen MR) is 223 cm³/mol. The van der Waals surface area contributed by atoms with Gasteiger partial charge >= 0.3 is 0 Å². The fraction of sp³-hybridized carbons (Fsp3) is 0.143. The van der Waals surface area contributed by atoms with Crippen LogP contribution in [0.5, 0.6) is 0 Å². The van der Waals surface area contributed by atoms with E-state index in [-0.39, 0.29) is 0 Å². The number of benzene rings is 4. The minimum Gasteiger partial charge on any atom is -0.329 e. The molecule has 0 bridgehead atoms. The van der Waals surface area contributed by atoms with Gasteiger partial charge in [-0.1, -0.05) is 108 Å². The molecule has 9 nitrogen and oxygen atoms in total. The highest BCUT2D eigenvalue weighted by Crippen LogP contribution is 2.31. The van der Waals surface area contributed by atoms with Crippen molar-refractivity contribution in [2.75, 3.05) is 23.9 Å². The van der Waals surface area contributed by atoms with Crippen LogP contribution in [0.1, 0.15) is 0 Å². The van der Waals surface area contributed by atoms with Crippen LogP contribution in [-0.2, 0) is 0 Å². The fourth-order valence-electron chi connectivity index (χ4n) is 7.21. The maximum absolute atomic E-state index is 4.57. The lowest BCUT2D eigenvalue weighted by Gasteiger charge is -2.26. The van der Waals surface area contributed by atoms with Crippen LogP contribution in [0.15, 0.2) is 140 Å². The molecule has 0 N–H and O–H groups in total. The third-order valence-corrected chi connectivity index (χ3v) is 17.7. The molecule has 11 heteroatoms. The molecule has 0 aliphatic heterocycles. The highest BCUT2D eigenvalue weighted by atomic mass is 28.3. The Morgan fingerprint density at radius 2 is 0.943 bits per heavy atom. The fourth-order valence-corrected chi connectivity index (χ4v) is 11.9. The van der Waals surface area contributed by atoms with Crippen molar-refractivity contribution < 1.29 is 0 Å². The van der Waals surface area contributed by atoms with E-state index in [0.717, 1.165) is 44.8 Å². The second kappa shape index (κ2) is 13.5. The first-order valence-corrected chi connectivity index (χ1v) is 23.7. The molecular formula is C42H41N9Si2. The lowest BCUT2D eigenvalue weighted by molar-refractivity contribution is 0.801. The normalized spacial score (nSPS) is 12.0. The lowest BCUT2D eigenvalue weighted by Crippen LogP contribution is -2.53. The molecule has 0 unspecified atom stereocenters. The Kier molecular flexibility index (Phi) is 8.67. The topological polar surface area (TPSA) is 88.8 Å². The first-order chi connectivity index (χ1) is 25.6. The maximum atomic E-state index is 4.57. The molecule has 4 aromatic heterocycles. The Balaban J connectivity index is 1.23. The molecule has 0 radical (unpaired) electrons. The average molecular weight is 728 g/mol. The summed E-state index contributed by atoms with van der Waals surface area (Å²) in [4.78, 5) is 13.4. The zero-order valence-electron chi connectivity index (χ0n) is 30.8. The summed E-state index contributed by atoms with van der Waals surface area (Å²) in [5.41, 5.74) is 4.32. The molecule has 0 aliphatic rings. The Hall–Kier alpha value is -6.05. The maximum Gasteiger partial charge on any atom is 0.273 e. The monoisotopic (exact) mass is 727 g/mol. The number of hydrogen-bond donors (Lipinski definition) is 0. The first kappa shape index (κ1) is 34.1. The molecule has 0 amide bonds. The van der Waals surface area contributed by atoms with Crippen LogP contribution in [0.4, 0.5) is 23.0 Å². The van der Waals surface area contributed by atoms with Gasteiger partial charge in [0, 0.05) is 48.6 Å². The number of fused-ring (bicyclic) bond motifs is 3. The van der Waals surface area contributed by atoms with Gasteiger partial charge in [0.15, 0.2) is 6.33 Å². The van der Waals surface area contributed by atoms with Gasteiger partial charge in [-0.15, -0.1) is 20.4 Å². The second-order valence-corrected chi connectivity index (χ2v) is 23.3. The predicted octanol–water partition coefficient (Wildman–Crippen LogP) is 6.33. The molecule has 8 aromatic rings. The van der Waals surface area contributed by atoms with E-state index in [1.165, 1.54) is 27.1 Å². The zero-order chi connectivity index (χ0) is 36.7. The van der Waals surface area contributed by atoms with Crippen molar-refractivity contribution in [2.24, 2.45) is 0 Å². The Bertz CT molecular complexity index is 2400. The van der Waals surface area contributed by atoms with Crippen LogP contribution in [-0.4, -0.2) is 65.2 Å². The Labute approximate surface area is 311 Å². The van der Waals surface area contributed by atoms with Gasteiger partial charge in [0.05, 0.1) is 11.0 Å². The third-order valence-electron chi connectivity index (χ3n) is 10.7. The van der Waals surface area contributed by atoms with E-state index in [9.17, 15) is 0 Å². The molecular weight excluding hydrogens is 687 g/mol. The van der Waals surface area contributed by atoms with Crippen LogP contribution in [0, 0.1) is 0 Å². The van der Waals surface area contributed by atoms with Gasteiger partial charge in [0.25, 0.3) is 5.95 Å². The van der Waals surface area contributed by atoms with E-state index in [1.54, 1.807) is 0 Å². The highest BCUT2D eigenvalue weighted by Gasteiger charge is 2.30. The summed E-state index contributed by atoms with van der Waals surface area (Å²) in [6.45, 7) is 9.65. The summed E-state index contributed by atoms with van der Waals surface area (Å²) in [7, 11) is -0.229. The van der Waals surface area contributed by atoms with Gasteiger partial charge in [-0.25, -0.2) is 9.97 Å². The number of rotatable bonds is 9. The molecule has 0 fully saturated rings. The molecule has 0 spiro atoms. The summed E-state index contributed by atoms with van der Waals surface area (Å²) in [6, 6.07) is 43.6. The van der Waals surface area contributed by atoms with Crippen molar-refractivity contribution in [1.82, 2.24) is 34.9 Å². The summed E-state index contributed by atoms with van der Waals surface area (Å²) >= 11 is 0. The number of anilines is 4.